The highest BCUT2D eigenvalue weighted by molar-refractivity contribution is 5.82. The number of carbonyl (C=O) groups is 1. The molecule has 1 heterocycles. The first-order valence-electron chi connectivity index (χ1n) is 8.66. The minimum atomic E-state index is 0.170. The summed E-state index contributed by atoms with van der Waals surface area (Å²) in [5.74, 6) is 0.170. The van der Waals surface area contributed by atoms with E-state index in [1.54, 1.807) is 0 Å². The molecule has 0 saturated heterocycles. The third-order valence-electron chi connectivity index (χ3n) is 4.76. The molecule has 3 rings (SSSR count). The van der Waals surface area contributed by atoms with Crippen molar-refractivity contribution >= 4 is 11.6 Å². The van der Waals surface area contributed by atoms with Gasteiger partial charge in [0.1, 0.15) is 0 Å². The molecule has 1 aliphatic heterocycles. The third kappa shape index (κ3) is 4.01. The third-order valence-corrected chi connectivity index (χ3v) is 4.76. The molecule has 4 nitrogen and oxygen atoms in total. The van der Waals surface area contributed by atoms with Crippen molar-refractivity contribution in [1.82, 2.24) is 10.6 Å². The lowest BCUT2D eigenvalue weighted by atomic mass is 10.1. The maximum Gasteiger partial charge on any atom is 0.239 e. The van der Waals surface area contributed by atoms with Crippen LogP contribution in [0.3, 0.4) is 0 Å². The van der Waals surface area contributed by atoms with Gasteiger partial charge in [-0.3, -0.25) is 4.79 Å². The Labute approximate surface area is 133 Å². The Bertz CT molecular complexity index is 495. The zero-order chi connectivity index (χ0) is 15.2. The number of hydrogen-bond acceptors (Lipinski definition) is 3. The predicted molar refractivity (Wildman–Crippen MR) is 90.0 cm³/mol. The van der Waals surface area contributed by atoms with Gasteiger partial charge in [-0.05, 0) is 24.5 Å². The summed E-state index contributed by atoms with van der Waals surface area (Å²) in [5.41, 5.74) is 2.48. The second-order valence-electron chi connectivity index (χ2n) is 6.48. The molecule has 4 heteroatoms. The molecule has 2 aliphatic rings. The second-order valence-corrected chi connectivity index (χ2v) is 6.48. The molecule has 0 radical (unpaired) electrons. The van der Waals surface area contributed by atoms with E-state index < -0.39 is 0 Å². The molecule has 120 valence electrons. The SMILES string of the molecule is O=C(CN1CCNCc2ccccc21)NC1CCCCCC1. The number of rotatable bonds is 3. The molecule has 1 saturated carbocycles. The van der Waals surface area contributed by atoms with Crippen molar-refractivity contribution in [3.05, 3.63) is 29.8 Å². The van der Waals surface area contributed by atoms with E-state index in [9.17, 15) is 4.79 Å². The van der Waals surface area contributed by atoms with Crippen LogP contribution < -0.4 is 15.5 Å². The molecule has 1 aliphatic carbocycles. The molecule has 0 unspecified atom stereocenters. The van der Waals surface area contributed by atoms with Crippen LogP contribution in [0.2, 0.25) is 0 Å². The molecule has 22 heavy (non-hydrogen) atoms. The number of amides is 1. The van der Waals surface area contributed by atoms with Gasteiger partial charge in [0, 0.05) is 31.4 Å². The minimum Gasteiger partial charge on any atom is -0.361 e. The van der Waals surface area contributed by atoms with E-state index in [1.165, 1.54) is 36.9 Å². The normalized spacial score (nSPS) is 19.9. The van der Waals surface area contributed by atoms with Crippen LogP contribution in [0.15, 0.2) is 24.3 Å². The van der Waals surface area contributed by atoms with E-state index in [0.717, 1.165) is 32.5 Å². The summed E-state index contributed by atoms with van der Waals surface area (Å²) in [4.78, 5) is 14.7. The van der Waals surface area contributed by atoms with Gasteiger partial charge in [-0.1, -0.05) is 43.9 Å². The highest BCUT2D eigenvalue weighted by Crippen LogP contribution is 2.22. The molecular weight excluding hydrogens is 274 g/mol. The second kappa shape index (κ2) is 7.63. The largest absolute Gasteiger partial charge is 0.361 e. The number of carbonyl (C=O) groups excluding carboxylic acids is 1. The molecule has 0 bridgehead atoms. The lowest BCUT2D eigenvalue weighted by Gasteiger charge is -2.25. The summed E-state index contributed by atoms with van der Waals surface area (Å²) in [6, 6.07) is 8.77. The van der Waals surface area contributed by atoms with Crippen LogP contribution in [-0.2, 0) is 11.3 Å². The lowest BCUT2D eigenvalue weighted by Crippen LogP contribution is -2.43. The number of hydrogen-bond donors (Lipinski definition) is 2. The summed E-state index contributed by atoms with van der Waals surface area (Å²) < 4.78 is 0. The van der Waals surface area contributed by atoms with Gasteiger partial charge >= 0.3 is 0 Å². The highest BCUT2D eigenvalue weighted by Gasteiger charge is 2.19. The molecule has 0 aromatic heterocycles. The summed E-state index contributed by atoms with van der Waals surface area (Å²) >= 11 is 0. The number of nitrogens with one attached hydrogen (secondary N) is 2. The Morgan fingerprint density at radius 3 is 2.77 bits per heavy atom. The Kier molecular flexibility index (Phi) is 5.33. The fourth-order valence-electron chi connectivity index (χ4n) is 3.56. The van der Waals surface area contributed by atoms with Gasteiger partial charge in [-0.25, -0.2) is 0 Å². The van der Waals surface area contributed by atoms with Gasteiger partial charge in [0.05, 0.1) is 6.54 Å². The van der Waals surface area contributed by atoms with Crippen molar-refractivity contribution in [3.8, 4) is 0 Å². The van der Waals surface area contributed by atoms with Gasteiger partial charge in [-0.2, -0.15) is 0 Å². The number of anilines is 1. The van der Waals surface area contributed by atoms with Crippen molar-refractivity contribution in [2.45, 2.75) is 51.1 Å². The summed E-state index contributed by atoms with van der Waals surface area (Å²) in [6.07, 6.45) is 7.42. The monoisotopic (exact) mass is 301 g/mol. The van der Waals surface area contributed by atoms with Crippen molar-refractivity contribution in [3.63, 3.8) is 0 Å². The van der Waals surface area contributed by atoms with Crippen molar-refractivity contribution in [2.24, 2.45) is 0 Å². The first-order valence-corrected chi connectivity index (χ1v) is 8.66. The van der Waals surface area contributed by atoms with Crippen LogP contribution >= 0.6 is 0 Å². The summed E-state index contributed by atoms with van der Waals surface area (Å²) in [7, 11) is 0. The van der Waals surface area contributed by atoms with Crippen LogP contribution in [0.25, 0.3) is 0 Å². The fourth-order valence-corrected chi connectivity index (χ4v) is 3.56. The molecule has 1 amide bonds. The van der Waals surface area contributed by atoms with Crippen LogP contribution in [0.4, 0.5) is 5.69 Å². The molecule has 1 aromatic carbocycles. The summed E-state index contributed by atoms with van der Waals surface area (Å²) in [5, 5.41) is 6.68. The first kappa shape index (κ1) is 15.3. The minimum absolute atomic E-state index is 0.170. The van der Waals surface area contributed by atoms with Gasteiger partial charge in [-0.15, -0.1) is 0 Å². The summed E-state index contributed by atoms with van der Waals surface area (Å²) in [6.45, 7) is 3.16. The first-order chi connectivity index (χ1) is 10.8. The number of nitrogens with zero attached hydrogens (tertiary/aromatic N) is 1. The molecule has 0 atom stereocenters. The Hall–Kier alpha value is -1.55. The number of para-hydroxylation sites is 1. The molecular formula is C18H27N3O. The van der Waals surface area contributed by atoms with Gasteiger partial charge in [0.15, 0.2) is 0 Å². The van der Waals surface area contributed by atoms with E-state index in [4.69, 9.17) is 0 Å². The zero-order valence-electron chi connectivity index (χ0n) is 13.3. The molecule has 0 spiro atoms. The van der Waals surface area contributed by atoms with Crippen LogP contribution in [0.1, 0.15) is 44.1 Å². The Morgan fingerprint density at radius 1 is 1.18 bits per heavy atom. The standard InChI is InChI=1S/C18H27N3O/c22-18(20-16-8-3-1-2-4-9-16)14-21-12-11-19-13-15-7-5-6-10-17(15)21/h5-7,10,16,19H,1-4,8-9,11-14H2,(H,20,22). The molecule has 2 N–H and O–H groups in total. The quantitative estimate of drug-likeness (QED) is 0.843. The van der Waals surface area contributed by atoms with Crippen molar-refractivity contribution < 1.29 is 4.79 Å². The van der Waals surface area contributed by atoms with Crippen LogP contribution in [-0.4, -0.2) is 31.6 Å². The van der Waals surface area contributed by atoms with E-state index in [1.807, 2.05) is 0 Å². The average Bonchev–Trinajstić information content (AvgIpc) is 2.89. The van der Waals surface area contributed by atoms with E-state index in [-0.39, 0.29) is 5.91 Å². The van der Waals surface area contributed by atoms with Gasteiger partial charge in [0.25, 0.3) is 0 Å². The fraction of sp³-hybridized carbons (Fsp3) is 0.611. The molecule has 1 aromatic rings. The average molecular weight is 301 g/mol. The number of fused-ring (bicyclic) bond motifs is 1. The van der Waals surface area contributed by atoms with Crippen molar-refractivity contribution in [1.29, 1.82) is 0 Å². The van der Waals surface area contributed by atoms with Crippen LogP contribution in [0.5, 0.6) is 0 Å². The van der Waals surface area contributed by atoms with Crippen LogP contribution in [0, 0.1) is 0 Å². The van der Waals surface area contributed by atoms with Gasteiger partial charge in [0.2, 0.25) is 5.91 Å². The predicted octanol–water partition coefficient (Wildman–Crippen LogP) is 2.44. The lowest BCUT2D eigenvalue weighted by molar-refractivity contribution is -0.120. The number of benzene rings is 1. The van der Waals surface area contributed by atoms with Gasteiger partial charge < -0.3 is 15.5 Å². The van der Waals surface area contributed by atoms with E-state index >= 15 is 0 Å². The van der Waals surface area contributed by atoms with E-state index in [0.29, 0.717) is 12.6 Å². The molecule has 1 fully saturated rings. The Morgan fingerprint density at radius 2 is 1.95 bits per heavy atom. The zero-order valence-corrected chi connectivity index (χ0v) is 13.3. The Balaban J connectivity index is 1.61. The maximum absolute atomic E-state index is 12.4. The topological polar surface area (TPSA) is 44.4 Å². The maximum atomic E-state index is 12.4. The van der Waals surface area contributed by atoms with Crippen molar-refractivity contribution in [2.75, 3.05) is 24.5 Å². The smallest absolute Gasteiger partial charge is 0.239 e. The highest BCUT2D eigenvalue weighted by atomic mass is 16.2. The van der Waals surface area contributed by atoms with E-state index in [2.05, 4.69) is 39.8 Å².